The summed E-state index contributed by atoms with van der Waals surface area (Å²) in [4.78, 5) is 29.5. The Morgan fingerprint density at radius 1 is 1.05 bits per heavy atom. The summed E-state index contributed by atoms with van der Waals surface area (Å²) in [6.45, 7) is 16.4. The predicted molar refractivity (Wildman–Crippen MR) is 154 cm³/mol. The first-order valence-corrected chi connectivity index (χ1v) is 14.6. The van der Waals surface area contributed by atoms with Crippen LogP contribution in [0.15, 0.2) is 18.2 Å². The molecule has 2 N–H and O–H groups in total. The van der Waals surface area contributed by atoms with Gasteiger partial charge in [0.25, 0.3) is 5.91 Å². The highest BCUT2D eigenvalue weighted by molar-refractivity contribution is 5.97. The fraction of sp³-hybridized carbons (Fsp3) is 0.656. The first-order valence-electron chi connectivity index (χ1n) is 14.6. The van der Waals surface area contributed by atoms with E-state index in [-0.39, 0.29) is 28.7 Å². The molecule has 7 heteroatoms. The Morgan fingerprint density at radius 2 is 1.72 bits per heavy atom. The van der Waals surface area contributed by atoms with Crippen molar-refractivity contribution < 1.29 is 19.4 Å². The van der Waals surface area contributed by atoms with Crippen LogP contribution in [-0.2, 0) is 16.8 Å². The zero-order valence-corrected chi connectivity index (χ0v) is 24.9. The number of carbonyl (C=O) groups is 2. The first kappa shape index (κ1) is 29.2. The number of aliphatic carboxylic acids is 1. The molecule has 0 unspecified atom stereocenters. The summed E-state index contributed by atoms with van der Waals surface area (Å²) in [5, 5.41) is 12.3. The number of amides is 1. The minimum Gasteiger partial charge on any atom is -0.481 e. The monoisotopic (exact) mass is 537 g/mol. The first-order chi connectivity index (χ1) is 18.2. The van der Waals surface area contributed by atoms with Gasteiger partial charge in [-0.3, -0.25) is 9.59 Å². The Bertz CT molecular complexity index is 1190. The predicted octanol–water partition coefficient (Wildman–Crippen LogP) is 6.75. The summed E-state index contributed by atoms with van der Waals surface area (Å²) in [7, 11) is 0. The topological polar surface area (TPSA) is 93.5 Å². The molecule has 2 aliphatic carbocycles. The summed E-state index contributed by atoms with van der Waals surface area (Å²) in [6.07, 6.45) is 7.21. The molecule has 0 saturated heterocycles. The number of carboxylic acids is 1. The van der Waals surface area contributed by atoms with E-state index in [4.69, 9.17) is 9.72 Å². The molecule has 0 spiro atoms. The molecular weight excluding hydrogens is 490 g/mol. The number of carbonyl (C=O) groups excluding carboxylic acids is 1. The maximum absolute atomic E-state index is 13.4. The molecule has 2 aliphatic rings. The van der Waals surface area contributed by atoms with E-state index < -0.39 is 5.97 Å². The summed E-state index contributed by atoms with van der Waals surface area (Å²) in [6, 6.07) is 6.07. The number of ether oxygens (including phenoxy) is 1. The third-order valence-electron chi connectivity index (χ3n) is 8.12. The zero-order valence-electron chi connectivity index (χ0n) is 24.9. The van der Waals surface area contributed by atoms with Gasteiger partial charge in [-0.25, -0.2) is 4.98 Å². The quantitative estimate of drug-likeness (QED) is 0.388. The lowest BCUT2D eigenvalue weighted by molar-refractivity contribution is -0.145. The number of rotatable bonds is 8. The molecule has 2 aromatic rings. The van der Waals surface area contributed by atoms with Crippen LogP contribution in [0.5, 0.6) is 5.88 Å². The fourth-order valence-electron chi connectivity index (χ4n) is 5.58. The summed E-state index contributed by atoms with van der Waals surface area (Å²) < 4.78 is 8.52. The Kier molecular flexibility index (Phi) is 8.48. The van der Waals surface area contributed by atoms with Crippen LogP contribution < -0.4 is 10.1 Å². The van der Waals surface area contributed by atoms with Crippen molar-refractivity contribution in [3.8, 4) is 17.1 Å². The van der Waals surface area contributed by atoms with E-state index in [1.807, 2.05) is 19.1 Å². The Balaban J connectivity index is 1.72. The number of pyridine rings is 1. The molecule has 4 rings (SSSR count). The number of hydrogen-bond acceptors (Lipinski definition) is 4. The molecule has 0 aliphatic heterocycles. The summed E-state index contributed by atoms with van der Waals surface area (Å²) in [5.74, 6) is -0.0747. The van der Waals surface area contributed by atoms with Gasteiger partial charge in [-0.15, -0.1) is 0 Å². The van der Waals surface area contributed by atoms with E-state index in [1.165, 1.54) is 32.1 Å². The highest BCUT2D eigenvalue weighted by Gasteiger charge is 2.36. The van der Waals surface area contributed by atoms with Gasteiger partial charge < -0.3 is 19.7 Å². The molecule has 214 valence electrons. The fourth-order valence-corrected chi connectivity index (χ4v) is 5.58. The minimum atomic E-state index is -0.783. The Morgan fingerprint density at radius 3 is 2.31 bits per heavy atom. The van der Waals surface area contributed by atoms with Gasteiger partial charge in [0.1, 0.15) is 0 Å². The number of hydrogen-bond donors (Lipinski definition) is 2. The smallest absolute Gasteiger partial charge is 0.306 e. The van der Waals surface area contributed by atoms with Gasteiger partial charge in [-0.1, -0.05) is 60.8 Å². The highest BCUT2D eigenvalue weighted by Crippen LogP contribution is 2.35. The van der Waals surface area contributed by atoms with Crippen LogP contribution in [0.3, 0.4) is 0 Å². The van der Waals surface area contributed by atoms with Gasteiger partial charge in [0.2, 0.25) is 5.88 Å². The van der Waals surface area contributed by atoms with Crippen molar-refractivity contribution in [1.29, 1.82) is 0 Å². The van der Waals surface area contributed by atoms with E-state index in [9.17, 15) is 14.7 Å². The van der Waals surface area contributed by atoms with E-state index in [0.29, 0.717) is 36.8 Å². The lowest BCUT2D eigenvalue weighted by Crippen LogP contribution is -2.46. The number of carboxylic acid groups (broad SMARTS) is 1. The van der Waals surface area contributed by atoms with Gasteiger partial charge in [0.05, 0.1) is 23.8 Å². The molecular formula is C32H47N3O4. The second-order valence-corrected chi connectivity index (χ2v) is 14.0. The van der Waals surface area contributed by atoms with Gasteiger partial charge in [-0.05, 0) is 56.1 Å². The SMILES string of the molecule is Cc1c(C(=O)NC2CC(C(=O)O)C2)cc(-c2cc(OCC(C)(C)C)nc(C(C)(C)C)c2)n1CC1CCCCC1. The third-order valence-corrected chi connectivity index (χ3v) is 8.12. The maximum atomic E-state index is 13.4. The molecule has 2 heterocycles. The van der Waals surface area contributed by atoms with Crippen LogP contribution in [0.2, 0.25) is 0 Å². The van der Waals surface area contributed by atoms with Crippen molar-refractivity contribution in [2.45, 2.75) is 111 Å². The standard InChI is InChI=1S/C32H47N3O4/c1-20-25(29(36)33-24-13-23(14-24)30(37)38)17-26(35(20)18-21-11-9-8-10-12-21)22-15-27(32(5,6)7)34-28(16-22)39-19-31(2,3)4/h15-17,21,23-24H,8-14,18-19H2,1-7H3,(H,33,36)(H,37,38). The van der Waals surface area contributed by atoms with E-state index in [0.717, 1.165) is 29.2 Å². The molecule has 2 fully saturated rings. The summed E-state index contributed by atoms with van der Waals surface area (Å²) in [5.41, 5.74) is 4.41. The van der Waals surface area contributed by atoms with Crippen LogP contribution in [0, 0.1) is 24.2 Å². The lowest BCUT2D eigenvalue weighted by Gasteiger charge is -2.32. The van der Waals surface area contributed by atoms with Gasteiger partial charge in [0, 0.05) is 41.0 Å². The van der Waals surface area contributed by atoms with Crippen LogP contribution in [0.1, 0.15) is 108 Å². The van der Waals surface area contributed by atoms with E-state index in [1.54, 1.807) is 0 Å². The lowest BCUT2D eigenvalue weighted by atomic mass is 9.80. The minimum absolute atomic E-state index is 0.00377. The molecule has 2 aromatic heterocycles. The Labute approximate surface area is 233 Å². The van der Waals surface area contributed by atoms with Crippen molar-refractivity contribution in [2.24, 2.45) is 17.3 Å². The van der Waals surface area contributed by atoms with E-state index >= 15 is 0 Å². The molecule has 0 aromatic carbocycles. The zero-order chi connectivity index (χ0) is 28.5. The van der Waals surface area contributed by atoms with Crippen LogP contribution in [0.4, 0.5) is 0 Å². The second-order valence-electron chi connectivity index (χ2n) is 14.0. The summed E-state index contributed by atoms with van der Waals surface area (Å²) >= 11 is 0. The number of aromatic nitrogens is 2. The Hall–Kier alpha value is -2.83. The van der Waals surface area contributed by atoms with Gasteiger partial charge in [0.15, 0.2) is 0 Å². The average Bonchev–Trinajstić information content (AvgIpc) is 3.15. The van der Waals surface area contributed by atoms with Crippen molar-refractivity contribution in [2.75, 3.05) is 6.61 Å². The molecule has 7 nitrogen and oxygen atoms in total. The molecule has 0 bridgehead atoms. The van der Waals surface area contributed by atoms with Crippen molar-refractivity contribution in [1.82, 2.24) is 14.9 Å². The molecule has 0 atom stereocenters. The maximum Gasteiger partial charge on any atom is 0.306 e. The molecule has 1 amide bonds. The third kappa shape index (κ3) is 7.23. The molecule has 39 heavy (non-hydrogen) atoms. The van der Waals surface area contributed by atoms with E-state index in [2.05, 4.69) is 57.5 Å². The van der Waals surface area contributed by atoms with Crippen LogP contribution >= 0.6 is 0 Å². The van der Waals surface area contributed by atoms with Crippen molar-refractivity contribution >= 4 is 11.9 Å². The van der Waals surface area contributed by atoms with Crippen molar-refractivity contribution in [3.05, 3.63) is 35.2 Å². The average molecular weight is 538 g/mol. The van der Waals surface area contributed by atoms with Gasteiger partial charge >= 0.3 is 5.97 Å². The van der Waals surface area contributed by atoms with Crippen molar-refractivity contribution in [3.63, 3.8) is 0 Å². The van der Waals surface area contributed by atoms with Crippen LogP contribution in [0.25, 0.3) is 11.3 Å². The second kappa shape index (κ2) is 11.3. The largest absolute Gasteiger partial charge is 0.481 e. The molecule has 2 saturated carbocycles. The van der Waals surface area contributed by atoms with Gasteiger partial charge in [-0.2, -0.15) is 0 Å². The normalized spacial score (nSPS) is 20.4. The molecule has 0 radical (unpaired) electrons. The number of nitrogens with zero attached hydrogens (tertiary/aromatic N) is 2. The highest BCUT2D eigenvalue weighted by atomic mass is 16.5. The van der Waals surface area contributed by atoms with Crippen LogP contribution in [-0.4, -0.2) is 39.2 Å². The number of nitrogens with one attached hydrogen (secondary N) is 1.